The third-order valence-corrected chi connectivity index (χ3v) is 4.70. The molecule has 24 heavy (non-hydrogen) atoms. The lowest BCUT2D eigenvalue weighted by atomic mass is 10.1. The Hall–Kier alpha value is -2.31. The molecule has 6 heteroatoms. The van der Waals surface area contributed by atoms with Gasteiger partial charge < -0.3 is 15.5 Å². The lowest BCUT2D eigenvalue weighted by Gasteiger charge is -2.18. The van der Waals surface area contributed by atoms with Crippen LogP contribution in [-0.4, -0.2) is 36.6 Å². The zero-order valence-corrected chi connectivity index (χ0v) is 14.4. The summed E-state index contributed by atoms with van der Waals surface area (Å²) >= 11 is 1.48. The van der Waals surface area contributed by atoms with E-state index in [1.807, 2.05) is 44.4 Å². The highest BCUT2D eigenvalue weighted by molar-refractivity contribution is 8.00. The van der Waals surface area contributed by atoms with Gasteiger partial charge in [0.2, 0.25) is 5.91 Å². The molecule has 0 unspecified atom stereocenters. The van der Waals surface area contributed by atoms with Crippen molar-refractivity contribution in [3.8, 4) is 0 Å². The predicted molar refractivity (Wildman–Crippen MR) is 97.6 cm³/mol. The first-order valence-corrected chi connectivity index (χ1v) is 8.62. The summed E-state index contributed by atoms with van der Waals surface area (Å²) in [6.45, 7) is 0.743. The van der Waals surface area contributed by atoms with Crippen molar-refractivity contribution in [2.75, 3.05) is 30.5 Å². The summed E-state index contributed by atoms with van der Waals surface area (Å²) in [6.07, 6.45) is 0. The molecule has 2 aromatic carbocycles. The molecule has 0 aromatic heterocycles. The number of rotatable bonds is 4. The summed E-state index contributed by atoms with van der Waals surface area (Å²) < 4.78 is 0. The maximum Gasteiger partial charge on any atom is 0.255 e. The number of carbonyl (C=O) groups is 2. The highest BCUT2D eigenvalue weighted by Gasteiger charge is 2.17. The van der Waals surface area contributed by atoms with Crippen molar-refractivity contribution < 1.29 is 9.59 Å². The molecule has 1 aliphatic rings. The Morgan fingerprint density at radius 2 is 2.04 bits per heavy atom. The zero-order chi connectivity index (χ0) is 17.1. The molecule has 2 N–H and O–H groups in total. The van der Waals surface area contributed by atoms with E-state index >= 15 is 0 Å². The molecule has 0 atom stereocenters. The molecule has 124 valence electrons. The van der Waals surface area contributed by atoms with Gasteiger partial charge in [-0.3, -0.25) is 9.59 Å². The number of fused-ring (bicyclic) bond motifs is 1. The van der Waals surface area contributed by atoms with Crippen LogP contribution in [-0.2, 0) is 11.3 Å². The average molecular weight is 341 g/mol. The number of nitrogens with one attached hydrogen (secondary N) is 2. The molecule has 0 fully saturated rings. The minimum Gasteiger partial charge on any atom is -0.324 e. The number of thioether (sulfide) groups is 1. The molecule has 5 nitrogen and oxygen atoms in total. The summed E-state index contributed by atoms with van der Waals surface area (Å²) in [7, 11) is 3.98. The monoisotopic (exact) mass is 341 g/mol. The first-order valence-electron chi connectivity index (χ1n) is 7.63. The minimum absolute atomic E-state index is 0.0404. The molecular weight excluding hydrogens is 322 g/mol. The number of hydrogen-bond acceptors (Lipinski definition) is 4. The SMILES string of the molecule is CN(C)Cc1ccccc1NC(=O)c1ccc2c(c1)NC(=O)CS2. The smallest absolute Gasteiger partial charge is 0.255 e. The van der Waals surface area contributed by atoms with Crippen molar-refractivity contribution >= 4 is 35.0 Å². The zero-order valence-electron chi connectivity index (χ0n) is 13.6. The molecule has 0 aliphatic carbocycles. The van der Waals surface area contributed by atoms with E-state index in [1.165, 1.54) is 11.8 Å². The number of amides is 2. The van der Waals surface area contributed by atoms with Crippen LogP contribution >= 0.6 is 11.8 Å². The van der Waals surface area contributed by atoms with Gasteiger partial charge >= 0.3 is 0 Å². The third kappa shape index (κ3) is 3.77. The minimum atomic E-state index is -0.186. The Kier molecular flexibility index (Phi) is 4.87. The van der Waals surface area contributed by atoms with Crippen molar-refractivity contribution in [1.29, 1.82) is 0 Å². The van der Waals surface area contributed by atoms with E-state index in [9.17, 15) is 9.59 Å². The standard InChI is InChI=1S/C18H19N3O2S/c1-21(2)10-13-5-3-4-6-14(13)20-18(23)12-7-8-16-15(9-12)19-17(22)11-24-16/h3-9H,10-11H2,1-2H3,(H,19,22)(H,20,23). The Bertz CT molecular complexity index is 790. The maximum atomic E-state index is 12.6. The Labute approximate surface area is 145 Å². The van der Waals surface area contributed by atoms with Gasteiger partial charge in [0.25, 0.3) is 5.91 Å². The van der Waals surface area contributed by atoms with Gasteiger partial charge in [0, 0.05) is 22.7 Å². The van der Waals surface area contributed by atoms with Crippen molar-refractivity contribution in [2.45, 2.75) is 11.4 Å². The van der Waals surface area contributed by atoms with Gasteiger partial charge in [0.05, 0.1) is 11.4 Å². The van der Waals surface area contributed by atoms with Crippen LogP contribution in [0.4, 0.5) is 11.4 Å². The molecular formula is C18H19N3O2S. The van der Waals surface area contributed by atoms with Gasteiger partial charge in [-0.1, -0.05) is 18.2 Å². The first-order chi connectivity index (χ1) is 11.5. The lowest BCUT2D eigenvalue weighted by Crippen LogP contribution is -2.20. The number of anilines is 2. The Morgan fingerprint density at radius 3 is 2.83 bits per heavy atom. The molecule has 2 amide bonds. The number of para-hydroxylation sites is 1. The van der Waals surface area contributed by atoms with Crippen LogP contribution in [0.3, 0.4) is 0 Å². The van der Waals surface area contributed by atoms with Crippen molar-refractivity contribution in [1.82, 2.24) is 4.90 Å². The maximum absolute atomic E-state index is 12.6. The van der Waals surface area contributed by atoms with Gasteiger partial charge in [0.1, 0.15) is 0 Å². The highest BCUT2D eigenvalue weighted by atomic mass is 32.2. The van der Waals surface area contributed by atoms with E-state index < -0.39 is 0 Å². The number of carbonyl (C=O) groups excluding carboxylic acids is 2. The molecule has 2 aromatic rings. The number of benzene rings is 2. The van der Waals surface area contributed by atoms with Crippen LogP contribution in [0.5, 0.6) is 0 Å². The molecule has 0 saturated carbocycles. The second-order valence-electron chi connectivity index (χ2n) is 5.90. The van der Waals surface area contributed by atoms with E-state index in [4.69, 9.17) is 0 Å². The van der Waals surface area contributed by atoms with Crippen LogP contribution in [0, 0.1) is 0 Å². The fourth-order valence-electron chi connectivity index (χ4n) is 2.54. The average Bonchev–Trinajstić information content (AvgIpc) is 2.55. The molecule has 1 aliphatic heterocycles. The van der Waals surface area contributed by atoms with Gasteiger partial charge in [-0.15, -0.1) is 11.8 Å². The summed E-state index contributed by atoms with van der Waals surface area (Å²) in [5.74, 6) is 0.186. The third-order valence-electron chi connectivity index (χ3n) is 3.63. The summed E-state index contributed by atoms with van der Waals surface area (Å²) in [6, 6.07) is 13.1. The fourth-order valence-corrected chi connectivity index (χ4v) is 3.33. The molecule has 0 saturated heterocycles. The van der Waals surface area contributed by atoms with Gasteiger partial charge in [-0.05, 0) is 43.9 Å². The largest absolute Gasteiger partial charge is 0.324 e. The van der Waals surface area contributed by atoms with Crippen LogP contribution in [0.2, 0.25) is 0 Å². The van der Waals surface area contributed by atoms with Crippen LogP contribution in [0.15, 0.2) is 47.4 Å². The van der Waals surface area contributed by atoms with Gasteiger partial charge in [-0.2, -0.15) is 0 Å². The van der Waals surface area contributed by atoms with E-state index in [0.29, 0.717) is 17.0 Å². The quantitative estimate of drug-likeness (QED) is 0.897. The number of hydrogen-bond donors (Lipinski definition) is 2. The fraction of sp³-hybridized carbons (Fsp3) is 0.222. The van der Waals surface area contributed by atoms with E-state index in [-0.39, 0.29) is 11.8 Å². The Balaban J connectivity index is 1.81. The lowest BCUT2D eigenvalue weighted by molar-refractivity contribution is -0.113. The van der Waals surface area contributed by atoms with E-state index in [0.717, 1.165) is 22.7 Å². The van der Waals surface area contributed by atoms with Gasteiger partial charge in [-0.25, -0.2) is 0 Å². The van der Waals surface area contributed by atoms with Crippen LogP contribution in [0.1, 0.15) is 15.9 Å². The first kappa shape index (κ1) is 16.5. The summed E-state index contributed by atoms with van der Waals surface area (Å²) in [4.78, 5) is 27.1. The van der Waals surface area contributed by atoms with E-state index in [2.05, 4.69) is 15.5 Å². The topological polar surface area (TPSA) is 61.4 Å². The molecule has 0 spiro atoms. The molecule has 1 heterocycles. The van der Waals surface area contributed by atoms with E-state index in [1.54, 1.807) is 12.1 Å². The normalized spacial score (nSPS) is 13.4. The predicted octanol–water partition coefficient (Wildman–Crippen LogP) is 3.04. The van der Waals surface area contributed by atoms with Crippen LogP contribution < -0.4 is 10.6 Å². The number of nitrogens with zero attached hydrogens (tertiary/aromatic N) is 1. The second-order valence-corrected chi connectivity index (χ2v) is 6.91. The van der Waals surface area contributed by atoms with Crippen molar-refractivity contribution in [2.24, 2.45) is 0 Å². The summed E-state index contributed by atoms with van der Waals surface area (Å²) in [5, 5.41) is 5.78. The van der Waals surface area contributed by atoms with Crippen LogP contribution in [0.25, 0.3) is 0 Å². The second kappa shape index (κ2) is 7.07. The molecule has 3 rings (SSSR count). The summed E-state index contributed by atoms with van der Waals surface area (Å²) in [5.41, 5.74) is 3.08. The Morgan fingerprint density at radius 1 is 1.25 bits per heavy atom. The highest BCUT2D eigenvalue weighted by Crippen LogP contribution is 2.32. The van der Waals surface area contributed by atoms with Gasteiger partial charge in [0.15, 0.2) is 0 Å². The van der Waals surface area contributed by atoms with Crippen molar-refractivity contribution in [3.63, 3.8) is 0 Å². The molecule has 0 bridgehead atoms. The molecule has 0 radical (unpaired) electrons. The van der Waals surface area contributed by atoms with Crippen molar-refractivity contribution in [3.05, 3.63) is 53.6 Å².